The zero-order valence-electron chi connectivity index (χ0n) is 11.1. The first kappa shape index (κ1) is 10.7. The standard InChI is InChI=1S/C16H17NO3/c1-2-4-8(5-3-1)7-16-12-10-6-9-11(12)15(20-16)18-13(9)17-14(10)19-16/h1-5,9-15,17H,6-7H2. The zero-order chi connectivity index (χ0) is 12.9. The van der Waals surface area contributed by atoms with Gasteiger partial charge in [-0.05, 0) is 12.0 Å². The van der Waals surface area contributed by atoms with Crippen LogP contribution in [0.5, 0.6) is 0 Å². The Morgan fingerprint density at radius 3 is 2.90 bits per heavy atom. The summed E-state index contributed by atoms with van der Waals surface area (Å²) in [6.45, 7) is 0. The van der Waals surface area contributed by atoms with Gasteiger partial charge >= 0.3 is 0 Å². The number of hydrogen-bond acceptors (Lipinski definition) is 4. The van der Waals surface area contributed by atoms with E-state index in [1.807, 2.05) is 0 Å². The van der Waals surface area contributed by atoms with Crippen LogP contribution in [0.15, 0.2) is 30.3 Å². The molecule has 8 unspecified atom stereocenters. The molecule has 2 bridgehead atoms. The SMILES string of the molecule is c1ccc(CC23OC4NC5OC(O2)C2C5CC4C23)cc1. The molecular formula is C16H17NO3. The fraction of sp³-hybridized carbons (Fsp3) is 0.625. The normalized spacial score (nSPS) is 56.9. The summed E-state index contributed by atoms with van der Waals surface area (Å²) in [5, 5.41) is 3.55. The Morgan fingerprint density at radius 1 is 1.10 bits per heavy atom. The van der Waals surface area contributed by atoms with Crippen molar-refractivity contribution in [3.05, 3.63) is 35.9 Å². The molecule has 5 fully saturated rings. The second-order valence-electron chi connectivity index (χ2n) is 6.89. The van der Waals surface area contributed by atoms with Gasteiger partial charge in [0.1, 0.15) is 12.5 Å². The molecule has 0 aromatic heterocycles. The molecule has 0 spiro atoms. The number of benzene rings is 1. The maximum Gasteiger partial charge on any atom is 0.181 e. The lowest BCUT2D eigenvalue weighted by Crippen LogP contribution is -2.51. The lowest BCUT2D eigenvalue weighted by molar-refractivity contribution is -0.304. The van der Waals surface area contributed by atoms with Gasteiger partial charge in [-0.1, -0.05) is 30.3 Å². The van der Waals surface area contributed by atoms with Crippen molar-refractivity contribution < 1.29 is 14.2 Å². The highest BCUT2D eigenvalue weighted by atomic mass is 16.8. The molecule has 104 valence electrons. The van der Waals surface area contributed by atoms with E-state index in [4.69, 9.17) is 14.2 Å². The van der Waals surface area contributed by atoms with Crippen LogP contribution < -0.4 is 5.32 Å². The molecule has 4 aliphatic heterocycles. The largest absolute Gasteiger partial charge is 0.334 e. The molecule has 6 rings (SSSR count). The second-order valence-corrected chi connectivity index (χ2v) is 6.89. The van der Waals surface area contributed by atoms with Gasteiger partial charge < -0.3 is 14.2 Å². The summed E-state index contributed by atoms with van der Waals surface area (Å²) < 4.78 is 18.8. The monoisotopic (exact) mass is 271 g/mol. The minimum atomic E-state index is -0.459. The first-order valence-electron chi connectivity index (χ1n) is 7.65. The Hall–Kier alpha value is -0.940. The molecule has 4 heteroatoms. The van der Waals surface area contributed by atoms with Gasteiger partial charge in [0.05, 0.1) is 0 Å². The average molecular weight is 271 g/mol. The lowest BCUT2D eigenvalue weighted by atomic mass is 9.83. The fourth-order valence-corrected chi connectivity index (χ4v) is 5.49. The van der Waals surface area contributed by atoms with Crippen molar-refractivity contribution in [2.24, 2.45) is 23.7 Å². The van der Waals surface area contributed by atoms with Crippen molar-refractivity contribution in [3.8, 4) is 0 Å². The maximum absolute atomic E-state index is 6.39. The van der Waals surface area contributed by atoms with Gasteiger partial charge in [-0.15, -0.1) is 0 Å². The predicted molar refractivity (Wildman–Crippen MR) is 69.2 cm³/mol. The molecule has 1 aromatic carbocycles. The minimum Gasteiger partial charge on any atom is -0.334 e. The summed E-state index contributed by atoms with van der Waals surface area (Å²) in [6, 6.07) is 10.5. The third-order valence-electron chi connectivity index (χ3n) is 6.06. The van der Waals surface area contributed by atoms with Crippen molar-refractivity contribution in [1.29, 1.82) is 0 Å². The fourth-order valence-electron chi connectivity index (χ4n) is 5.49. The first-order valence-corrected chi connectivity index (χ1v) is 7.65. The maximum atomic E-state index is 6.39. The Bertz CT molecular complexity index is 572. The van der Waals surface area contributed by atoms with Crippen LogP contribution in [0.1, 0.15) is 12.0 Å². The van der Waals surface area contributed by atoms with Crippen LogP contribution >= 0.6 is 0 Å². The molecular weight excluding hydrogens is 254 g/mol. The van der Waals surface area contributed by atoms with Crippen LogP contribution in [-0.2, 0) is 20.6 Å². The molecule has 8 atom stereocenters. The first-order chi connectivity index (χ1) is 9.84. The molecule has 4 saturated heterocycles. The molecule has 5 aliphatic rings. The van der Waals surface area contributed by atoms with Crippen LogP contribution in [0.2, 0.25) is 0 Å². The average Bonchev–Trinajstić information content (AvgIpc) is 3.08. The van der Waals surface area contributed by atoms with Crippen LogP contribution in [0, 0.1) is 23.7 Å². The molecule has 1 aromatic rings. The highest BCUT2D eigenvalue weighted by Crippen LogP contribution is 2.67. The van der Waals surface area contributed by atoms with Gasteiger partial charge in [0.25, 0.3) is 0 Å². The zero-order valence-corrected chi connectivity index (χ0v) is 11.1. The van der Waals surface area contributed by atoms with Crippen molar-refractivity contribution in [2.45, 2.75) is 37.4 Å². The third kappa shape index (κ3) is 1.07. The van der Waals surface area contributed by atoms with Crippen molar-refractivity contribution in [2.75, 3.05) is 0 Å². The Morgan fingerprint density at radius 2 is 2.00 bits per heavy atom. The number of piperidine rings is 1. The predicted octanol–water partition coefficient (Wildman–Crippen LogP) is 1.47. The number of rotatable bonds is 2. The Kier molecular flexibility index (Phi) is 1.76. The topological polar surface area (TPSA) is 39.7 Å². The van der Waals surface area contributed by atoms with Crippen LogP contribution in [0.25, 0.3) is 0 Å². The highest BCUT2D eigenvalue weighted by molar-refractivity contribution is 5.22. The van der Waals surface area contributed by atoms with E-state index in [9.17, 15) is 0 Å². The van der Waals surface area contributed by atoms with Crippen molar-refractivity contribution in [3.63, 3.8) is 0 Å². The van der Waals surface area contributed by atoms with Gasteiger partial charge in [0.15, 0.2) is 12.1 Å². The van der Waals surface area contributed by atoms with E-state index < -0.39 is 5.79 Å². The Balaban J connectivity index is 1.45. The number of hydrogen-bond donors (Lipinski definition) is 1. The van der Waals surface area contributed by atoms with E-state index in [0.29, 0.717) is 23.7 Å². The number of ether oxygens (including phenoxy) is 3. The molecule has 1 aliphatic carbocycles. The van der Waals surface area contributed by atoms with Gasteiger partial charge in [0.2, 0.25) is 0 Å². The second kappa shape index (κ2) is 3.28. The molecule has 0 radical (unpaired) electrons. The van der Waals surface area contributed by atoms with E-state index in [2.05, 4.69) is 35.6 Å². The van der Waals surface area contributed by atoms with Crippen LogP contribution in [0.4, 0.5) is 0 Å². The number of nitrogens with one attached hydrogen (secondary N) is 1. The molecule has 1 N–H and O–H groups in total. The van der Waals surface area contributed by atoms with E-state index in [1.54, 1.807) is 0 Å². The lowest BCUT2D eigenvalue weighted by Gasteiger charge is -2.36. The van der Waals surface area contributed by atoms with Crippen LogP contribution in [0.3, 0.4) is 0 Å². The molecule has 4 heterocycles. The van der Waals surface area contributed by atoms with E-state index in [-0.39, 0.29) is 18.7 Å². The summed E-state index contributed by atoms with van der Waals surface area (Å²) in [4.78, 5) is 0. The van der Waals surface area contributed by atoms with E-state index >= 15 is 0 Å². The molecule has 20 heavy (non-hydrogen) atoms. The summed E-state index contributed by atoms with van der Waals surface area (Å²) >= 11 is 0. The van der Waals surface area contributed by atoms with E-state index in [1.165, 1.54) is 12.0 Å². The van der Waals surface area contributed by atoms with Gasteiger partial charge in [-0.25, -0.2) is 0 Å². The quantitative estimate of drug-likeness (QED) is 0.884. The Labute approximate surface area is 117 Å². The molecule has 4 nitrogen and oxygen atoms in total. The smallest absolute Gasteiger partial charge is 0.181 e. The van der Waals surface area contributed by atoms with Gasteiger partial charge in [-0.3, -0.25) is 5.32 Å². The summed E-state index contributed by atoms with van der Waals surface area (Å²) in [5.74, 6) is 1.82. The molecule has 0 amide bonds. The van der Waals surface area contributed by atoms with Gasteiger partial charge in [-0.2, -0.15) is 0 Å². The van der Waals surface area contributed by atoms with E-state index in [0.717, 1.165) is 6.42 Å². The minimum absolute atomic E-state index is 0.0579. The molecule has 1 saturated carbocycles. The van der Waals surface area contributed by atoms with Crippen molar-refractivity contribution in [1.82, 2.24) is 5.32 Å². The highest BCUT2D eigenvalue weighted by Gasteiger charge is 2.76. The summed E-state index contributed by atoms with van der Waals surface area (Å²) in [5.41, 5.74) is 1.28. The van der Waals surface area contributed by atoms with Gasteiger partial charge in [0, 0.05) is 30.1 Å². The summed E-state index contributed by atoms with van der Waals surface area (Å²) in [6.07, 6.45) is 2.30. The van der Waals surface area contributed by atoms with Crippen LogP contribution in [-0.4, -0.2) is 24.5 Å². The van der Waals surface area contributed by atoms with Crippen molar-refractivity contribution >= 4 is 0 Å². The third-order valence-corrected chi connectivity index (χ3v) is 6.06. The summed E-state index contributed by atoms with van der Waals surface area (Å²) in [7, 11) is 0.